The highest BCUT2D eigenvalue weighted by Crippen LogP contribution is 2.54. The molecular formula is C28H34F2N6O4S. The molecule has 6 rings (SSSR count). The second-order valence-electron chi connectivity index (χ2n) is 11.5. The maximum Gasteiger partial charge on any atom is 0.266 e. The van der Waals surface area contributed by atoms with Gasteiger partial charge in [-0.1, -0.05) is 0 Å². The second-order valence-corrected chi connectivity index (χ2v) is 13.3. The third-order valence-electron chi connectivity index (χ3n) is 8.40. The molecule has 2 aromatic heterocycles. The van der Waals surface area contributed by atoms with Gasteiger partial charge in [0.1, 0.15) is 11.5 Å². The van der Waals surface area contributed by atoms with Gasteiger partial charge in [-0.15, -0.1) is 10.2 Å². The highest BCUT2D eigenvalue weighted by Gasteiger charge is 2.44. The molecule has 3 aromatic rings. The van der Waals surface area contributed by atoms with E-state index in [1.54, 1.807) is 18.2 Å². The third-order valence-corrected chi connectivity index (χ3v) is 9.67. The molecule has 2 N–H and O–H groups in total. The summed E-state index contributed by atoms with van der Waals surface area (Å²) < 4.78 is 60.7. The minimum atomic E-state index is -3.70. The van der Waals surface area contributed by atoms with Gasteiger partial charge in [-0.2, -0.15) is 0 Å². The lowest BCUT2D eigenvalue weighted by atomic mass is 9.93. The Morgan fingerprint density at radius 3 is 2.32 bits per heavy atom. The first-order valence-corrected chi connectivity index (χ1v) is 15.7. The average Bonchev–Trinajstić information content (AvgIpc) is 3.48. The Labute approximate surface area is 237 Å². The molecule has 0 radical (unpaired) electrons. The second kappa shape index (κ2) is 10.5. The van der Waals surface area contributed by atoms with Gasteiger partial charge in [-0.3, -0.25) is 4.72 Å². The van der Waals surface area contributed by atoms with E-state index in [0.29, 0.717) is 28.2 Å². The molecule has 1 aromatic carbocycles. The SMILES string of the molecule is Cc1cc(-c2nnc(-c3ccc(NS(=O)(=O)CCO)cc3N3CCC4(CC3)CC4)o2)nc(N2CCC(F)(F)CC2)c1. The van der Waals surface area contributed by atoms with Gasteiger partial charge in [0.15, 0.2) is 0 Å². The first-order chi connectivity index (χ1) is 19.5. The van der Waals surface area contributed by atoms with Crippen LogP contribution in [-0.2, 0) is 10.0 Å². The smallest absolute Gasteiger partial charge is 0.266 e. The predicted octanol–water partition coefficient (Wildman–Crippen LogP) is 4.46. The molecule has 3 fully saturated rings. The normalized spacial score (nSPS) is 19.9. The van der Waals surface area contributed by atoms with Gasteiger partial charge >= 0.3 is 0 Å². The lowest BCUT2D eigenvalue weighted by molar-refractivity contribution is -0.0221. The molecule has 4 heterocycles. The first kappa shape index (κ1) is 27.8. The Morgan fingerprint density at radius 1 is 0.951 bits per heavy atom. The van der Waals surface area contributed by atoms with Crippen molar-refractivity contribution in [2.24, 2.45) is 5.41 Å². The van der Waals surface area contributed by atoms with Crippen molar-refractivity contribution in [1.29, 1.82) is 0 Å². The fourth-order valence-corrected chi connectivity index (χ4v) is 6.53. The number of nitrogens with zero attached hydrogens (tertiary/aromatic N) is 5. The van der Waals surface area contributed by atoms with Crippen molar-refractivity contribution in [2.75, 3.05) is 53.1 Å². The Hall–Kier alpha value is -3.32. The molecule has 3 aliphatic rings. The fourth-order valence-electron chi connectivity index (χ4n) is 5.71. The van der Waals surface area contributed by atoms with Gasteiger partial charge in [-0.05, 0) is 73.9 Å². The van der Waals surface area contributed by atoms with Crippen molar-refractivity contribution >= 4 is 27.2 Å². The van der Waals surface area contributed by atoms with Gasteiger partial charge in [-0.25, -0.2) is 22.2 Å². The molecule has 2 aliphatic heterocycles. The van der Waals surface area contributed by atoms with Crippen molar-refractivity contribution in [2.45, 2.75) is 51.4 Å². The van der Waals surface area contributed by atoms with Gasteiger partial charge in [0.25, 0.3) is 11.8 Å². The summed E-state index contributed by atoms with van der Waals surface area (Å²) in [6, 6.07) is 8.85. The summed E-state index contributed by atoms with van der Waals surface area (Å²) >= 11 is 0. The van der Waals surface area contributed by atoms with Crippen LogP contribution in [0, 0.1) is 12.3 Å². The van der Waals surface area contributed by atoms with E-state index in [4.69, 9.17) is 9.52 Å². The number of rotatable bonds is 8. The van der Waals surface area contributed by atoms with Crippen molar-refractivity contribution in [3.63, 3.8) is 0 Å². The van der Waals surface area contributed by atoms with Gasteiger partial charge < -0.3 is 19.3 Å². The molecule has 0 amide bonds. The number of hydrogen-bond donors (Lipinski definition) is 2. The van der Waals surface area contributed by atoms with Gasteiger partial charge in [0.05, 0.1) is 29.3 Å². The van der Waals surface area contributed by atoms with Crippen molar-refractivity contribution in [3.8, 4) is 23.0 Å². The number of alkyl halides is 2. The zero-order chi connectivity index (χ0) is 28.8. The Balaban J connectivity index is 1.30. The quantitative estimate of drug-likeness (QED) is 0.393. The summed E-state index contributed by atoms with van der Waals surface area (Å²) in [6.07, 6.45) is 4.23. The topological polar surface area (TPSA) is 125 Å². The van der Waals surface area contributed by atoms with Crippen LogP contribution < -0.4 is 14.5 Å². The number of halogens is 2. The molecule has 1 aliphatic carbocycles. The van der Waals surface area contributed by atoms with E-state index in [9.17, 15) is 17.2 Å². The molecule has 2 saturated heterocycles. The zero-order valence-electron chi connectivity index (χ0n) is 22.9. The van der Waals surface area contributed by atoms with Crippen molar-refractivity contribution in [1.82, 2.24) is 15.2 Å². The zero-order valence-corrected chi connectivity index (χ0v) is 23.8. The van der Waals surface area contributed by atoms with Crippen LogP contribution in [0.5, 0.6) is 0 Å². The maximum absolute atomic E-state index is 13.7. The summed E-state index contributed by atoms with van der Waals surface area (Å²) in [7, 11) is -3.70. The van der Waals surface area contributed by atoms with E-state index in [-0.39, 0.29) is 37.7 Å². The van der Waals surface area contributed by atoms with E-state index in [1.807, 2.05) is 24.0 Å². The lowest BCUT2D eigenvalue weighted by Crippen LogP contribution is -2.39. The number of nitrogens with one attached hydrogen (secondary N) is 1. The monoisotopic (exact) mass is 588 g/mol. The van der Waals surface area contributed by atoms with E-state index < -0.39 is 28.3 Å². The number of piperidine rings is 2. The number of sulfonamides is 1. The molecule has 13 heteroatoms. The lowest BCUT2D eigenvalue weighted by Gasteiger charge is -2.35. The molecular weight excluding hydrogens is 554 g/mol. The van der Waals surface area contributed by atoms with Crippen LogP contribution in [0.1, 0.15) is 44.1 Å². The van der Waals surface area contributed by atoms with Crippen LogP contribution in [0.2, 0.25) is 0 Å². The number of hydrogen-bond acceptors (Lipinski definition) is 9. The Bertz CT molecular complexity index is 1520. The van der Waals surface area contributed by atoms with E-state index >= 15 is 0 Å². The minimum absolute atomic E-state index is 0.210. The molecule has 41 heavy (non-hydrogen) atoms. The van der Waals surface area contributed by atoms with Crippen LogP contribution >= 0.6 is 0 Å². The van der Waals surface area contributed by atoms with Crippen LogP contribution in [0.3, 0.4) is 0 Å². The van der Waals surface area contributed by atoms with Crippen LogP contribution in [0.4, 0.5) is 26.0 Å². The summed E-state index contributed by atoms with van der Waals surface area (Å²) in [5.74, 6) is -1.97. The van der Waals surface area contributed by atoms with Crippen molar-refractivity contribution < 1.29 is 26.7 Å². The number of pyridine rings is 1. The summed E-state index contributed by atoms with van der Waals surface area (Å²) in [5, 5.41) is 17.7. The van der Waals surface area contributed by atoms with Gasteiger partial charge in [0, 0.05) is 39.0 Å². The van der Waals surface area contributed by atoms with Crippen LogP contribution in [-0.4, -0.2) is 73.2 Å². The Kier molecular flexibility index (Phi) is 7.13. The summed E-state index contributed by atoms with van der Waals surface area (Å²) in [6.45, 7) is 3.52. The van der Waals surface area contributed by atoms with E-state index in [2.05, 4.69) is 24.8 Å². The highest BCUT2D eigenvalue weighted by atomic mass is 32.2. The minimum Gasteiger partial charge on any atom is -0.415 e. The third kappa shape index (κ3) is 6.15. The predicted molar refractivity (Wildman–Crippen MR) is 152 cm³/mol. The fraction of sp³-hybridized carbons (Fsp3) is 0.536. The molecule has 1 saturated carbocycles. The molecule has 0 bridgehead atoms. The number of benzene rings is 1. The summed E-state index contributed by atoms with van der Waals surface area (Å²) in [4.78, 5) is 8.74. The molecule has 220 valence electrons. The number of aliphatic hydroxyl groups is 1. The number of anilines is 3. The number of aryl methyl sites for hydroxylation is 1. The number of aromatic nitrogens is 3. The molecule has 0 unspecified atom stereocenters. The maximum atomic E-state index is 13.7. The molecule has 0 atom stereocenters. The van der Waals surface area contributed by atoms with E-state index in [0.717, 1.165) is 37.2 Å². The van der Waals surface area contributed by atoms with E-state index in [1.165, 1.54) is 12.8 Å². The molecule has 10 nitrogen and oxygen atoms in total. The highest BCUT2D eigenvalue weighted by molar-refractivity contribution is 7.92. The van der Waals surface area contributed by atoms with Crippen LogP contribution in [0.25, 0.3) is 23.0 Å². The largest absolute Gasteiger partial charge is 0.415 e. The Morgan fingerprint density at radius 2 is 1.63 bits per heavy atom. The standard InChI is InChI=1S/C28H34F2N6O4S/c1-19-16-22(31-24(17-19)36-12-8-28(29,30)9-13-36)26-33-32-25(40-26)21-3-2-20(34-41(38,39)15-14-37)18-23(21)35-10-6-27(4-5-27)7-11-35/h2-3,16-18,34,37H,4-15H2,1H3. The summed E-state index contributed by atoms with van der Waals surface area (Å²) in [5.41, 5.74) is 3.65. The van der Waals surface area contributed by atoms with Gasteiger partial charge in [0.2, 0.25) is 15.9 Å². The number of aliphatic hydroxyl groups excluding tert-OH is 1. The van der Waals surface area contributed by atoms with Crippen molar-refractivity contribution in [3.05, 3.63) is 35.9 Å². The van der Waals surface area contributed by atoms with Crippen LogP contribution in [0.15, 0.2) is 34.7 Å². The average molecular weight is 589 g/mol. The first-order valence-electron chi connectivity index (χ1n) is 14.0. The molecule has 1 spiro atoms.